The van der Waals surface area contributed by atoms with Crippen molar-refractivity contribution in [2.45, 2.75) is 6.10 Å². The van der Waals surface area contributed by atoms with Gasteiger partial charge in [0.25, 0.3) is 0 Å². The number of nitrogens with zero attached hydrogens (tertiary/aromatic N) is 1. The fourth-order valence-electron chi connectivity index (χ4n) is 0.765. The van der Waals surface area contributed by atoms with E-state index < -0.39 is 12.0 Å². The molecule has 0 saturated carbocycles. The van der Waals surface area contributed by atoms with Gasteiger partial charge in [-0.15, -0.1) is 0 Å². The first-order valence-corrected chi connectivity index (χ1v) is 3.41. The lowest BCUT2D eigenvalue weighted by Gasteiger charge is -2.17. The lowest BCUT2D eigenvalue weighted by molar-refractivity contribution is -0.119. The first-order chi connectivity index (χ1) is 5.06. The molecule has 66 valence electrons. The van der Waals surface area contributed by atoms with Crippen LogP contribution in [0.4, 0.5) is 0 Å². The van der Waals surface area contributed by atoms with Gasteiger partial charge in [0.2, 0.25) is 5.91 Å². The third kappa shape index (κ3) is 5.78. The van der Waals surface area contributed by atoms with Gasteiger partial charge in [0.1, 0.15) is 0 Å². The minimum absolute atomic E-state index is 0.150. The Morgan fingerprint density at radius 2 is 2.27 bits per heavy atom. The molecule has 0 radical (unpaired) electrons. The molecular weight excluding hydrogens is 146 g/mol. The van der Waals surface area contributed by atoms with Crippen molar-refractivity contribution in [3.05, 3.63) is 0 Å². The maximum Gasteiger partial charge on any atom is 0.231 e. The fraction of sp³-hybridized carbons (Fsp3) is 0.833. The molecule has 11 heavy (non-hydrogen) atoms. The van der Waals surface area contributed by atoms with Gasteiger partial charge < -0.3 is 16.6 Å². The molecule has 0 spiro atoms. The van der Waals surface area contributed by atoms with Gasteiger partial charge in [0.05, 0.1) is 12.6 Å². The number of rotatable bonds is 5. The summed E-state index contributed by atoms with van der Waals surface area (Å²) in [6.45, 7) is 0.722. The molecule has 5 nitrogen and oxygen atoms in total. The first-order valence-electron chi connectivity index (χ1n) is 3.41. The second-order valence-corrected chi connectivity index (χ2v) is 2.55. The Bertz CT molecular complexity index is 129. The van der Waals surface area contributed by atoms with Crippen LogP contribution in [0, 0.1) is 0 Å². The summed E-state index contributed by atoms with van der Waals surface area (Å²) >= 11 is 0. The van der Waals surface area contributed by atoms with Crippen LogP contribution in [0.15, 0.2) is 0 Å². The Morgan fingerprint density at radius 3 is 2.64 bits per heavy atom. The largest absolute Gasteiger partial charge is 0.390 e. The topological polar surface area (TPSA) is 92.6 Å². The quantitative estimate of drug-likeness (QED) is 0.423. The van der Waals surface area contributed by atoms with Gasteiger partial charge in [0.15, 0.2) is 0 Å². The number of aliphatic hydroxyl groups is 1. The van der Waals surface area contributed by atoms with E-state index in [-0.39, 0.29) is 13.1 Å². The summed E-state index contributed by atoms with van der Waals surface area (Å²) in [4.78, 5) is 12.0. The zero-order chi connectivity index (χ0) is 8.85. The summed E-state index contributed by atoms with van der Waals surface area (Å²) in [6, 6.07) is 0. The molecule has 1 unspecified atom stereocenters. The van der Waals surface area contributed by atoms with Crippen molar-refractivity contribution in [3.63, 3.8) is 0 Å². The summed E-state index contributed by atoms with van der Waals surface area (Å²) in [7, 11) is 1.70. The number of nitrogens with two attached hydrogens (primary N) is 2. The van der Waals surface area contributed by atoms with Crippen LogP contribution in [0.2, 0.25) is 0 Å². The van der Waals surface area contributed by atoms with Crippen molar-refractivity contribution >= 4 is 5.91 Å². The summed E-state index contributed by atoms with van der Waals surface area (Å²) < 4.78 is 0. The van der Waals surface area contributed by atoms with Crippen LogP contribution in [0.1, 0.15) is 0 Å². The lowest BCUT2D eigenvalue weighted by Crippen LogP contribution is -2.38. The Morgan fingerprint density at radius 1 is 1.73 bits per heavy atom. The van der Waals surface area contributed by atoms with Crippen LogP contribution in [0.25, 0.3) is 0 Å². The average Bonchev–Trinajstić information content (AvgIpc) is 1.85. The number of primary amides is 1. The number of carbonyl (C=O) groups excluding carboxylic acids is 1. The smallest absolute Gasteiger partial charge is 0.231 e. The van der Waals surface area contributed by atoms with E-state index in [4.69, 9.17) is 16.6 Å². The predicted octanol–water partition coefficient (Wildman–Crippen LogP) is -2.28. The summed E-state index contributed by atoms with van der Waals surface area (Å²) in [5.74, 6) is -0.406. The van der Waals surface area contributed by atoms with E-state index in [1.165, 1.54) is 0 Å². The highest BCUT2D eigenvalue weighted by Crippen LogP contribution is 1.85. The third-order valence-electron chi connectivity index (χ3n) is 1.22. The Labute approximate surface area is 66.0 Å². The van der Waals surface area contributed by atoms with Gasteiger partial charge in [-0.05, 0) is 7.05 Å². The van der Waals surface area contributed by atoms with Crippen LogP contribution in [0.3, 0.4) is 0 Å². The van der Waals surface area contributed by atoms with E-state index in [1.807, 2.05) is 0 Å². The molecular formula is C6H15N3O2. The van der Waals surface area contributed by atoms with Crippen molar-refractivity contribution in [2.24, 2.45) is 11.5 Å². The zero-order valence-electron chi connectivity index (χ0n) is 6.66. The first kappa shape index (κ1) is 10.3. The molecule has 0 heterocycles. The average molecular weight is 161 g/mol. The van der Waals surface area contributed by atoms with Crippen LogP contribution in [0.5, 0.6) is 0 Å². The van der Waals surface area contributed by atoms with E-state index in [9.17, 15) is 4.79 Å². The van der Waals surface area contributed by atoms with Gasteiger partial charge in [-0.1, -0.05) is 0 Å². The number of aliphatic hydroxyl groups excluding tert-OH is 1. The molecule has 0 fully saturated rings. The van der Waals surface area contributed by atoms with E-state index in [2.05, 4.69) is 0 Å². The summed E-state index contributed by atoms with van der Waals surface area (Å²) in [5, 5.41) is 9.02. The van der Waals surface area contributed by atoms with E-state index in [0.717, 1.165) is 0 Å². The van der Waals surface area contributed by atoms with Gasteiger partial charge in [-0.25, -0.2) is 0 Å². The van der Waals surface area contributed by atoms with E-state index >= 15 is 0 Å². The molecule has 0 saturated heterocycles. The van der Waals surface area contributed by atoms with Crippen LogP contribution >= 0.6 is 0 Å². The highest BCUT2D eigenvalue weighted by molar-refractivity contribution is 5.75. The highest BCUT2D eigenvalue weighted by Gasteiger charge is 2.07. The van der Waals surface area contributed by atoms with Crippen LogP contribution in [-0.4, -0.2) is 48.7 Å². The van der Waals surface area contributed by atoms with Gasteiger partial charge >= 0.3 is 0 Å². The van der Waals surface area contributed by atoms with E-state index in [1.54, 1.807) is 11.9 Å². The molecule has 0 aromatic heterocycles. The molecule has 5 heteroatoms. The molecule has 1 atom stereocenters. The van der Waals surface area contributed by atoms with Crippen molar-refractivity contribution in [1.29, 1.82) is 0 Å². The maximum absolute atomic E-state index is 10.3. The number of carbonyl (C=O) groups is 1. The Balaban J connectivity index is 3.51. The third-order valence-corrected chi connectivity index (χ3v) is 1.22. The second kappa shape index (κ2) is 5.06. The van der Waals surface area contributed by atoms with Crippen molar-refractivity contribution in [1.82, 2.24) is 4.90 Å². The Kier molecular flexibility index (Phi) is 4.76. The maximum atomic E-state index is 10.3. The highest BCUT2D eigenvalue weighted by atomic mass is 16.3. The number of amides is 1. The fourth-order valence-corrected chi connectivity index (χ4v) is 0.765. The number of hydrogen-bond donors (Lipinski definition) is 3. The SMILES string of the molecule is CN(CC(N)=O)CC(O)CN. The normalized spacial score (nSPS) is 13.5. The van der Waals surface area contributed by atoms with Crippen molar-refractivity contribution < 1.29 is 9.90 Å². The molecule has 0 aliphatic carbocycles. The van der Waals surface area contributed by atoms with Crippen LogP contribution in [-0.2, 0) is 4.79 Å². The second-order valence-electron chi connectivity index (χ2n) is 2.55. The monoisotopic (exact) mass is 161 g/mol. The molecule has 0 rings (SSSR count). The van der Waals surface area contributed by atoms with Crippen molar-refractivity contribution in [3.8, 4) is 0 Å². The van der Waals surface area contributed by atoms with Crippen molar-refractivity contribution in [2.75, 3.05) is 26.7 Å². The Hall–Kier alpha value is -0.650. The molecule has 1 amide bonds. The van der Waals surface area contributed by atoms with Gasteiger partial charge in [-0.3, -0.25) is 9.69 Å². The standard InChI is InChI=1S/C6H15N3O2/c1-9(4-6(8)11)3-5(10)2-7/h5,10H,2-4,7H2,1H3,(H2,8,11). The van der Waals surface area contributed by atoms with Gasteiger partial charge in [0, 0.05) is 13.1 Å². The number of hydrogen-bond acceptors (Lipinski definition) is 4. The predicted molar refractivity (Wildman–Crippen MR) is 41.8 cm³/mol. The minimum Gasteiger partial charge on any atom is -0.390 e. The van der Waals surface area contributed by atoms with Crippen LogP contribution < -0.4 is 11.5 Å². The molecule has 0 aliphatic rings. The molecule has 0 aromatic rings. The minimum atomic E-state index is -0.584. The molecule has 0 bridgehead atoms. The summed E-state index contributed by atoms with van der Waals surface area (Å²) in [5.41, 5.74) is 10.1. The summed E-state index contributed by atoms with van der Waals surface area (Å²) in [6.07, 6.45) is -0.584. The number of likely N-dealkylation sites (N-methyl/N-ethyl adjacent to an activating group) is 1. The van der Waals surface area contributed by atoms with E-state index in [0.29, 0.717) is 6.54 Å². The zero-order valence-corrected chi connectivity index (χ0v) is 6.66. The molecule has 0 aromatic carbocycles. The lowest BCUT2D eigenvalue weighted by atomic mass is 10.3. The van der Waals surface area contributed by atoms with Gasteiger partial charge in [-0.2, -0.15) is 0 Å². The molecule has 0 aliphatic heterocycles. The molecule has 5 N–H and O–H groups in total.